The van der Waals surface area contributed by atoms with Crippen molar-refractivity contribution in [2.24, 2.45) is 0 Å². The second kappa shape index (κ2) is 13.7. The molecule has 0 amide bonds. The number of carboxylic acid groups (broad SMARTS) is 1. The van der Waals surface area contributed by atoms with Gasteiger partial charge in [-0.25, -0.2) is 0 Å². The van der Waals surface area contributed by atoms with Gasteiger partial charge in [0.25, 0.3) is 0 Å². The minimum Gasteiger partial charge on any atom is -0.481 e. The highest BCUT2D eigenvalue weighted by molar-refractivity contribution is 7.98. The zero-order chi connectivity index (χ0) is 24.3. The molecule has 0 saturated heterocycles. The minimum absolute atomic E-state index is 0.0173. The number of nitrogens with one attached hydrogen (secondary N) is 1. The van der Waals surface area contributed by atoms with E-state index in [2.05, 4.69) is 5.32 Å². The Bertz CT molecular complexity index is 863. The van der Waals surface area contributed by atoms with Crippen LogP contribution >= 0.6 is 11.8 Å². The van der Waals surface area contributed by atoms with Gasteiger partial charge in [-0.2, -0.15) is 13.2 Å². The summed E-state index contributed by atoms with van der Waals surface area (Å²) in [6.45, 7) is 4.99. The van der Waals surface area contributed by atoms with Gasteiger partial charge in [0.15, 0.2) is 0 Å². The molecule has 3 nitrogen and oxygen atoms in total. The second-order valence-corrected chi connectivity index (χ2v) is 9.06. The number of carbonyl (C=O) groups is 1. The Hall–Kier alpha value is -1.99. The van der Waals surface area contributed by atoms with E-state index in [1.807, 2.05) is 44.2 Å². The molecule has 2 N–H and O–H groups in total. The number of aliphatic carboxylic acids is 1. The number of rotatable bonds is 9. The molecule has 33 heavy (non-hydrogen) atoms. The first-order valence-electron chi connectivity index (χ1n) is 11.7. The lowest BCUT2D eigenvalue weighted by molar-refractivity contribution is -0.138. The van der Waals surface area contributed by atoms with Crippen LogP contribution in [0.1, 0.15) is 80.5 Å². The molecule has 1 fully saturated rings. The van der Waals surface area contributed by atoms with E-state index in [1.54, 1.807) is 6.07 Å². The Morgan fingerprint density at radius 1 is 1.03 bits per heavy atom. The van der Waals surface area contributed by atoms with Crippen molar-refractivity contribution in [1.82, 2.24) is 5.32 Å². The summed E-state index contributed by atoms with van der Waals surface area (Å²) in [5, 5.41) is 11.7. The minimum atomic E-state index is -4.33. The van der Waals surface area contributed by atoms with Gasteiger partial charge in [-0.05, 0) is 53.6 Å². The van der Waals surface area contributed by atoms with E-state index in [0.717, 1.165) is 42.6 Å². The van der Waals surface area contributed by atoms with Crippen LogP contribution < -0.4 is 5.32 Å². The summed E-state index contributed by atoms with van der Waals surface area (Å²) in [4.78, 5) is 11.5. The van der Waals surface area contributed by atoms with Crippen molar-refractivity contribution in [2.45, 2.75) is 81.7 Å². The van der Waals surface area contributed by atoms with Crippen LogP contribution in [-0.4, -0.2) is 17.6 Å². The monoisotopic (exact) mass is 481 g/mol. The van der Waals surface area contributed by atoms with Gasteiger partial charge >= 0.3 is 12.1 Å². The van der Waals surface area contributed by atoms with E-state index in [-0.39, 0.29) is 12.3 Å². The largest absolute Gasteiger partial charge is 0.481 e. The van der Waals surface area contributed by atoms with Crippen molar-refractivity contribution >= 4 is 17.7 Å². The summed E-state index contributed by atoms with van der Waals surface area (Å²) in [7, 11) is 0. The van der Waals surface area contributed by atoms with Crippen LogP contribution in [0.15, 0.2) is 47.4 Å². The molecule has 1 aliphatic carbocycles. The van der Waals surface area contributed by atoms with Crippen LogP contribution in [0.2, 0.25) is 0 Å². The molecule has 2 aromatic carbocycles. The first-order valence-corrected chi connectivity index (χ1v) is 12.7. The van der Waals surface area contributed by atoms with Gasteiger partial charge in [-0.15, -0.1) is 11.8 Å². The molecule has 0 heterocycles. The maximum atomic E-state index is 13.7. The molecule has 0 spiro atoms. The number of carboxylic acids is 1. The lowest BCUT2D eigenvalue weighted by Gasteiger charge is -2.25. The van der Waals surface area contributed by atoms with Gasteiger partial charge in [-0.1, -0.05) is 57.4 Å². The third-order valence-electron chi connectivity index (χ3n) is 5.64. The maximum absolute atomic E-state index is 13.7. The Morgan fingerprint density at radius 2 is 1.67 bits per heavy atom. The van der Waals surface area contributed by atoms with Crippen LogP contribution in [0.25, 0.3) is 0 Å². The van der Waals surface area contributed by atoms with Crippen molar-refractivity contribution in [3.05, 3.63) is 64.7 Å². The van der Waals surface area contributed by atoms with Gasteiger partial charge in [0.05, 0.1) is 12.0 Å². The maximum Gasteiger partial charge on any atom is 0.416 e. The number of thioether (sulfide) groups is 1. The van der Waals surface area contributed by atoms with E-state index in [1.165, 1.54) is 17.8 Å². The smallest absolute Gasteiger partial charge is 0.416 e. The van der Waals surface area contributed by atoms with E-state index >= 15 is 0 Å². The first kappa shape index (κ1) is 27.3. The van der Waals surface area contributed by atoms with E-state index < -0.39 is 17.7 Å². The highest BCUT2D eigenvalue weighted by Crippen LogP contribution is 2.41. The highest BCUT2D eigenvalue weighted by atomic mass is 32.2. The van der Waals surface area contributed by atoms with Crippen molar-refractivity contribution in [3.63, 3.8) is 0 Å². The Labute approximate surface area is 199 Å². The number of hydrogen-bond donors (Lipinski definition) is 2. The molecule has 0 atom stereocenters. The third-order valence-corrected chi connectivity index (χ3v) is 6.72. The topological polar surface area (TPSA) is 49.3 Å². The Balaban J connectivity index is 0.00000187. The fourth-order valence-electron chi connectivity index (χ4n) is 4.01. The fraction of sp³-hybridized carbons (Fsp3) is 0.500. The highest BCUT2D eigenvalue weighted by Gasteiger charge is 2.35. The number of benzene rings is 2. The van der Waals surface area contributed by atoms with Gasteiger partial charge in [0.1, 0.15) is 0 Å². The summed E-state index contributed by atoms with van der Waals surface area (Å²) in [5.41, 5.74) is 1.70. The standard InChI is InChI=1S/C24H28F3NO2S.C2H6/c25-24(26,27)22-14-18(8-11-21(22)19-4-2-1-3-5-19)16-31-20-9-6-17(7-10-20)15-28-13-12-23(29)30;1-2/h6-11,14,19,28H,1-5,12-13,15-16H2,(H,29,30);1-2H3. The zero-order valence-corrected chi connectivity index (χ0v) is 20.2. The molecule has 0 aromatic heterocycles. The molecule has 0 bridgehead atoms. The van der Waals surface area contributed by atoms with Crippen molar-refractivity contribution in [1.29, 1.82) is 0 Å². The molecule has 1 aliphatic rings. The summed E-state index contributed by atoms with van der Waals surface area (Å²) in [6.07, 6.45) is 0.554. The molecule has 0 unspecified atom stereocenters. The van der Waals surface area contributed by atoms with E-state index in [9.17, 15) is 18.0 Å². The van der Waals surface area contributed by atoms with Crippen LogP contribution in [0.3, 0.4) is 0 Å². The fourth-order valence-corrected chi connectivity index (χ4v) is 4.85. The van der Waals surface area contributed by atoms with Crippen LogP contribution in [-0.2, 0) is 23.3 Å². The summed E-state index contributed by atoms with van der Waals surface area (Å²) in [5.74, 6) is -0.340. The normalized spacial score (nSPS) is 14.5. The number of alkyl halides is 3. The quantitative estimate of drug-likeness (QED) is 0.285. The van der Waals surface area contributed by atoms with Gasteiger partial charge in [0, 0.05) is 23.7 Å². The van der Waals surface area contributed by atoms with Crippen LogP contribution in [0.5, 0.6) is 0 Å². The lowest BCUT2D eigenvalue weighted by atomic mass is 9.81. The number of halogens is 3. The second-order valence-electron chi connectivity index (χ2n) is 8.01. The number of hydrogen-bond acceptors (Lipinski definition) is 3. The molecule has 182 valence electrons. The first-order chi connectivity index (χ1) is 15.8. The molecule has 2 aromatic rings. The summed E-state index contributed by atoms with van der Waals surface area (Å²) < 4.78 is 41.2. The zero-order valence-electron chi connectivity index (χ0n) is 19.4. The van der Waals surface area contributed by atoms with E-state index in [0.29, 0.717) is 30.0 Å². The van der Waals surface area contributed by atoms with Crippen molar-refractivity contribution < 1.29 is 23.1 Å². The molecular formula is C26H34F3NO2S. The molecule has 0 aliphatic heterocycles. The predicted octanol–water partition coefficient (Wildman–Crippen LogP) is 7.64. The average Bonchev–Trinajstić information content (AvgIpc) is 2.82. The van der Waals surface area contributed by atoms with Gasteiger partial charge in [-0.3, -0.25) is 4.79 Å². The van der Waals surface area contributed by atoms with Crippen LogP contribution in [0.4, 0.5) is 13.2 Å². The van der Waals surface area contributed by atoms with Gasteiger partial charge in [0.2, 0.25) is 0 Å². The van der Waals surface area contributed by atoms with Crippen molar-refractivity contribution in [3.8, 4) is 0 Å². The molecule has 0 radical (unpaired) electrons. The Morgan fingerprint density at radius 3 is 2.27 bits per heavy atom. The van der Waals surface area contributed by atoms with Crippen molar-refractivity contribution in [2.75, 3.05) is 6.54 Å². The predicted molar refractivity (Wildman–Crippen MR) is 129 cm³/mol. The average molecular weight is 482 g/mol. The molecule has 7 heteroatoms. The Kier molecular flexibility index (Phi) is 11.3. The lowest BCUT2D eigenvalue weighted by Crippen LogP contribution is -2.17. The SMILES string of the molecule is CC.O=C(O)CCNCc1ccc(SCc2ccc(C3CCCCC3)c(C(F)(F)F)c2)cc1. The molecule has 3 rings (SSSR count). The summed E-state index contributed by atoms with van der Waals surface area (Å²) in [6, 6.07) is 12.7. The molecule has 1 saturated carbocycles. The van der Waals surface area contributed by atoms with E-state index in [4.69, 9.17) is 5.11 Å². The molecular weight excluding hydrogens is 447 g/mol. The van der Waals surface area contributed by atoms with Crippen LogP contribution in [0, 0.1) is 0 Å². The summed E-state index contributed by atoms with van der Waals surface area (Å²) >= 11 is 1.51. The third kappa shape index (κ3) is 9.05. The van der Waals surface area contributed by atoms with Gasteiger partial charge < -0.3 is 10.4 Å².